The van der Waals surface area contributed by atoms with Crippen molar-refractivity contribution in [1.82, 2.24) is 9.78 Å². The number of anilines is 2. The van der Waals surface area contributed by atoms with E-state index < -0.39 is 11.9 Å². The lowest BCUT2D eigenvalue weighted by atomic mass is 10.1. The molecule has 0 saturated heterocycles. The summed E-state index contributed by atoms with van der Waals surface area (Å²) in [5, 5.41) is 11.6. The molecule has 10 heteroatoms. The molecule has 0 aliphatic heterocycles. The van der Waals surface area contributed by atoms with E-state index in [1.54, 1.807) is 20.8 Å². The Kier molecular flexibility index (Phi) is 8.41. The summed E-state index contributed by atoms with van der Waals surface area (Å²) in [5.74, 6) is -1.02. The van der Waals surface area contributed by atoms with Gasteiger partial charge in [0.05, 0.1) is 42.4 Å². The second kappa shape index (κ2) is 11.3. The van der Waals surface area contributed by atoms with Crippen LogP contribution in [0.2, 0.25) is 0 Å². The maximum Gasteiger partial charge on any atom is 0.348 e. The van der Waals surface area contributed by atoms with E-state index in [0.717, 1.165) is 34.0 Å². The average Bonchev–Trinajstić information content (AvgIpc) is 3.25. The van der Waals surface area contributed by atoms with Crippen LogP contribution in [0.15, 0.2) is 30.3 Å². The summed E-state index contributed by atoms with van der Waals surface area (Å²) in [5.41, 5.74) is 4.40. The fourth-order valence-electron chi connectivity index (χ4n) is 3.48. The molecule has 0 fully saturated rings. The molecule has 0 atom stereocenters. The van der Waals surface area contributed by atoms with Crippen LogP contribution in [-0.2, 0) is 16.0 Å². The van der Waals surface area contributed by atoms with Gasteiger partial charge in [-0.1, -0.05) is 30.3 Å². The smallest absolute Gasteiger partial charge is 0.348 e. The first-order valence-corrected chi connectivity index (χ1v) is 12.1. The molecule has 3 rings (SSSR count). The van der Waals surface area contributed by atoms with Crippen LogP contribution in [0.1, 0.15) is 56.4 Å². The first-order valence-electron chi connectivity index (χ1n) is 10.9. The number of carbonyl (C=O) groups excluding carboxylic acids is 2. The average molecular weight is 501 g/mol. The Hall–Kier alpha value is -3.24. The maximum atomic E-state index is 12.6. The predicted molar refractivity (Wildman–Crippen MR) is 138 cm³/mol. The SMILES string of the molecule is CCOC(=O)c1sc(NC(=S)Nc2c(C)nn(Cc3ccccc3)c2C)c(C(=O)OCC)c1C. The number of thiocarbonyl (C=S) groups is 1. The lowest BCUT2D eigenvalue weighted by Crippen LogP contribution is -2.21. The molecular formula is C24H28N4O4S2. The minimum atomic E-state index is -0.528. The summed E-state index contributed by atoms with van der Waals surface area (Å²) in [6, 6.07) is 10.1. The lowest BCUT2D eigenvalue weighted by molar-refractivity contribution is 0.0527. The number of hydrogen-bond acceptors (Lipinski definition) is 7. The van der Waals surface area contributed by atoms with Gasteiger partial charge in [-0.25, -0.2) is 9.59 Å². The molecule has 0 bridgehead atoms. The minimum absolute atomic E-state index is 0.212. The largest absolute Gasteiger partial charge is 0.462 e. The Labute approximate surface area is 208 Å². The van der Waals surface area contributed by atoms with Crippen LogP contribution >= 0.6 is 23.6 Å². The molecule has 0 unspecified atom stereocenters. The van der Waals surface area contributed by atoms with Crippen LogP contribution in [-0.4, -0.2) is 40.0 Å². The van der Waals surface area contributed by atoms with Crippen LogP contribution in [0.3, 0.4) is 0 Å². The predicted octanol–water partition coefficient (Wildman–Crippen LogP) is 5.08. The van der Waals surface area contributed by atoms with Crippen molar-refractivity contribution in [3.63, 3.8) is 0 Å². The highest BCUT2D eigenvalue weighted by atomic mass is 32.1. The number of esters is 2. The van der Waals surface area contributed by atoms with Crippen LogP contribution in [0.5, 0.6) is 0 Å². The number of benzene rings is 1. The van der Waals surface area contributed by atoms with Crippen LogP contribution in [0.4, 0.5) is 10.7 Å². The molecule has 0 radical (unpaired) electrons. The van der Waals surface area contributed by atoms with Gasteiger partial charge in [0.25, 0.3) is 0 Å². The molecule has 180 valence electrons. The molecule has 0 amide bonds. The van der Waals surface area contributed by atoms with Gasteiger partial charge in [-0.05, 0) is 58.0 Å². The quantitative estimate of drug-likeness (QED) is 0.327. The van der Waals surface area contributed by atoms with Gasteiger partial charge in [0, 0.05) is 0 Å². The number of carbonyl (C=O) groups is 2. The number of hydrogen-bond donors (Lipinski definition) is 2. The molecule has 34 heavy (non-hydrogen) atoms. The highest BCUT2D eigenvalue weighted by molar-refractivity contribution is 7.80. The molecule has 0 aliphatic rings. The van der Waals surface area contributed by atoms with Crippen molar-refractivity contribution in [3.05, 3.63) is 63.3 Å². The molecule has 0 aliphatic carbocycles. The number of nitrogens with one attached hydrogen (secondary N) is 2. The van der Waals surface area contributed by atoms with E-state index in [0.29, 0.717) is 22.0 Å². The van der Waals surface area contributed by atoms with E-state index >= 15 is 0 Å². The minimum Gasteiger partial charge on any atom is -0.462 e. The molecule has 2 heterocycles. The van der Waals surface area contributed by atoms with E-state index in [-0.39, 0.29) is 23.9 Å². The van der Waals surface area contributed by atoms with E-state index in [1.807, 2.05) is 48.9 Å². The molecule has 2 N–H and O–H groups in total. The molecule has 1 aromatic carbocycles. The van der Waals surface area contributed by atoms with Crippen molar-refractivity contribution in [2.24, 2.45) is 0 Å². The number of rotatable bonds is 8. The van der Waals surface area contributed by atoms with Gasteiger partial charge in [-0.3, -0.25) is 4.68 Å². The summed E-state index contributed by atoms with van der Waals surface area (Å²) in [7, 11) is 0. The summed E-state index contributed by atoms with van der Waals surface area (Å²) in [6.45, 7) is 10.1. The third-order valence-corrected chi connectivity index (χ3v) is 6.50. The fraction of sp³-hybridized carbons (Fsp3) is 0.333. The second-order valence-corrected chi connectivity index (χ2v) is 8.90. The van der Waals surface area contributed by atoms with Gasteiger partial charge in [0.1, 0.15) is 9.88 Å². The topological polar surface area (TPSA) is 94.5 Å². The number of aromatic nitrogens is 2. The molecule has 0 spiro atoms. The zero-order valence-corrected chi connectivity index (χ0v) is 21.5. The first kappa shape index (κ1) is 25.4. The van der Waals surface area contributed by atoms with Crippen molar-refractivity contribution < 1.29 is 19.1 Å². The standard InChI is InChI=1S/C24H28N4O4S2/c1-6-31-22(29)18-14(3)20(23(30)32-7-2)34-21(18)26-24(33)25-19-15(4)27-28(16(19)5)13-17-11-9-8-10-12-17/h8-12H,6-7,13H2,1-5H3,(H2,25,26,33). The Morgan fingerprint density at radius 1 is 1.03 bits per heavy atom. The van der Waals surface area contributed by atoms with E-state index in [1.165, 1.54) is 0 Å². The van der Waals surface area contributed by atoms with Gasteiger partial charge < -0.3 is 20.1 Å². The van der Waals surface area contributed by atoms with Gasteiger partial charge in [0.15, 0.2) is 5.11 Å². The highest BCUT2D eigenvalue weighted by Crippen LogP contribution is 2.34. The van der Waals surface area contributed by atoms with Crippen molar-refractivity contribution in [2.45, 2.75) is 41.2 Å². The molecule has 8 nitrogen and oxygen atoms in total. The van der Waals surface area contributed by atoms with Gasteiger partial charge in [-0.15, -0.1) is 11.3 Å². The Bertz CT molecular complexity index is 1200. The Balaban J connectivity index is 1.84. The van der Waals surface area contributed by atoms with Crippen LogP contribution in [0, 0.1) is 20.8 Å². The molecule has 2 aromatic heterocycles. The number of aryl methyl sites for hydroxylation is 1. The third-order valence-electron chi connectivity index (χ3n) is 5.11. The van der Waals surface area contributed by atoms with Crippen molar-refractivity contribution in [3.8, 4) is 0 Å². The summed E-state index contributed by atoms with van der Waals surface area (Å²) < 4.78 is 12.2. The zero-order chi connectivity index (χ0) is 24.8. The van der Waals surface area contributed by atoms with Gasteiger partial charge in [0.2, 0.25) is 0 Å². The fourth-order valence-corrected chi connectivity index (χ4v) is 4.84. The lowest BCUT2D eigenvalue weighted by Gasteiger charge is -2.12. The Morgan fingerprint density at radius 3 is 2.32 bits per heavy atom. The van der Waals surface area contributed by atoms with Gasteiger partial charge >= 0.3 is 11.9 Å². The summed E-state index contributed by atoms with van der Waals surface area (Å²) in [6.07, 6.45) is 0. The Morgan fingerprint density at radius 2 is 1.68 bits per heavy atom. The summed E-state index contributed by atoms with van der Waals surface area (Å²) in [4.78, 5) is 25.3. The zero-order valence-electron chi connectivity index (χ0n) is 19.9. The maximum absolute atomic E-state index is 12.6. The van der Waals surface area contributed by atoms with E-state index in [2.05, 4.69) is 15.7 Å². The van der Waals surface area contributed by atoms with E-state index in [9.17, 15) is 9.59 Å². The normalized spacial score (nSPS) is 10.6. The number of thiophene rings is 1. The second-order valence-electron chi connectivity index (χ2n) is 7.47. The molecule has 0 saturated carbocycles. The van der Waals surface area contributed by atoms with Crippen molar-refractivity contribution in [1.29, 1.82) is 0 Å². The number of nitrogens with zero attached hydrogens (tertiary/aromatic N) is 2. The van der Waals surface area contributed by atoms with Crippen LogP contribution in [0.25, 0.3) is 0 Å². The van der Waals surface area contributed by atoms with Gasteiger partial charge in [-0.2, -0.15) is 5.10 Å². The van der Waals surface area contributed by atoms with Crippen molar-refractivity contribution in [2.75, 3.05) is 23.8 Å². The highest BCUT2D eigenvalue weighted by Gasteiger charge is 2.27. The van der Waals surface area contributed by atoms with Crippen LogP contribution < -0.4 is 10.6 Å². The number of ether oxygens (including phenoxy) is 2. The van der Waals surface area contributed by atoms with E-state index in [4.69, 9.17) is 21.7 Å². The summed E-state index contributed by atoms with van der Waals surface area (Å²) >= 11 is 6.64. The monoisotopic (exact) mass is 500 g/mol. The molecule has 3 aromatic rings. The third kappa shape index (κ3) is 5.63. The van der Waals surface area contributed by atoms with Crippen molar-refractivity contribution >= 4 is 51.3 Å². The first-order chi connectivity index (χ1) is 16.3. The molecular weight excluding hydrogens is 472 g/mol.